The number of benzene rings is 1. The molecule has 1 heterocycles. The van der Waals surface area contributed by atoms with E-state index in [-0.39, 0.29) is 18.7 Å². The summed E-state index contributed by atoms with van der Waals surface area (Å²) in [6, 6.07) is 3.38. The van der Waals surface area contributed by atoms with Crippen LogP contribution in [0, 0.1) is 5.82 Å². The molecule has 1 aromatic heterocycles. The van der Waals surface area contributed by atoms with Crippen LogP contribution in [0.1, 0.15) is 5.89 Å². The molecule has 0 aliphatic carbocycles. The average Bonchev–Trinajstić information content (AvgIpc) is 2.81. The van der Waals surface area contributed by atoms with Crippen LogP contribution in [0.25, 0.3) is 0 Å². The number of halogens is 1. The van der Waals surface area contributed by atoms with Gasteiger partial charge in [0.1, 0.15) is 10.7 Å². The minimum atomic E-state index is -3.93. The van der Waals surface area contributed by atoms with Crippen molar-refractivity contribution in [3.05, 3.63) is 36.2 Å². The molecule has 102 valence electrons. The van der Waals surface area contributed by atoms with E-state index in [1.807, 2.05) is 0 Å². The Hall–Kier alpha value is -2.00. The number of nitrogen functional groups attached to an aromatic ring is 1. The van der Waals surface area contributed by atoms with Crippen molar-refractivity contribution in [2.45, 2.75) is 11.3 Å². The molecule has 3 N–H and O–H groups in total. The van der Waals surface area contributed by atoms with Gasteiger partial charge in [-0.05, 0) is 18.2 Å². The first-order valence-corrected chi connectivity index (χ1v) is 6.77. The Morgan fingerprint density at radius 1 is 1.42 bits per heavy atom. The van der Waals surface area contributed by atoms with E-state index in [1.54, 1.807) is 0 Å². The quantitative estimate of drug-likeness (QED) is 0.765. The van der Waals surface area contributed by atoms with Gasteiger partial charge in [0.15, 0.2) is 6.33 Å². The van der Waals surface area contributed by atoms with E-state index >= 15 is 0 Å². The predicted octanol–water partition coefficient (Wildman–Crippen LogP) is 0.312. The maximum Gasteiger partial charge on any atom is 0.243 e. The standard InChI is InChI=1S/C10H11FN4O3S/c11-8-5-7(12)1-2-9(8)19(16,17)15-4-3-10-13-6-14-18-10/h1-2,5-6,15H,3-4,12H2. The van der Waals surface area contributed by atoms with Crippen molar-refractivity contribution >= 4 is 15.7 Å². The molecule has 0 amide bonds. The number of nitrogens with two attached hydrogens (primary N) is 1. The minimum Gasteiger partial charge on any atom is -0.399 e. The van der Waals surface area contributed by atoms with E-state index in [4.69, 9.17) is 10.3 Å². The van der Waals surface area contributed by atoms with Gasteiger partial charge in [0, 0.05) is 18.7 Å². The van der Waals surface area contributed by atoms with E-state index in [0.29, 0.717) is 5.89 Å². The first-order chi connectivity index (χ1) is 8.99. The highest BCUT2D eigenvalue weighted by Gasteiger charge is 2.18. The first kappa shape index (κ1) is 13.4. The lowest BCUT2D eigenvalue weighted by Gasteiger charge is -2.07. The van der Waals surface area contributed by atoms with Crippen molar-refractivity contribution in [3.8, 4) is 0 Å². The molecule has 7 nitrogen and oxygen atoms in total. The summed E-state index contributed by atoms with van der Waals surface area (Å²) in [5.41, 5.74) is 5.51. The molecule has 0 fully saturated rings. The highest BCUT2D eigenvalue weighted by atomic mass is 32.2. The Kier molecular flexibility index (Phi) is 3.76. The number of nitrogens with one attached hydrogen (secondary N) is 1. The maximum absolute atomic E-state index is 13.5. The Morgan fingerprint density at radius 3 is 2.84 bits per heavy atom. The van der Waals surface area contributed by atoms with Gasteiger partial charge in [0.2, 0.25) is 15.9 Å². The zero-order valence-electron chi connectivity index (χ0n) is 9.71. The molecule has 0 atom stereocenters. The highest BCUT2D eigenvalue weighted by molar-refractivity contribution is 7.89. The van der Waals surface area contributed by atoms with Gasteiger partial charge in [-0.15, -0.1) is 0 Å². The fourth-order valence-electron chi connectivity index (χ4n) is 1.41. The van der Waals surface area contributed by atoms with Gasteiger partial charge in [0.05, 0.1) is 0 Å². The molecule has 9 heteroatoms. The molecule has 0 radical (unpaired) electrons. The molecule has 0 aliphatic rings. The topological polar surface area (TPSA) is 111 Å². The third kappa shape index (κ3) is 3.26. The summed E-state index contributed by atoms with van der Waals surface area (Å²) in [6.45, 7) is 0.0222. The molecule has 0 saturated carbocycles. The zero-order valence-corrected chi connectivity index (χ0v) is 10.5. The summed E-state index contributed by atoms with van der Waals surface area (Å²) in [5.74, 6) is -0.606. The second kappa shape index (κ2) is 5.33. The molecule has 1 aromatic carbocycles. The van der Waals surface area contributed by atoms with Crippen LogP contribution in [0.15, 0.2) is 33.9 Å². The van der Waals surface area contributed by atoms with Crippen molar-refractivity contribution < 1.29 is 17.3 Å². The fourth-order valence-corrected chi connectivity index (χ4v) is 2.50. The van der Waals surface area contributed by atoms with Gasteiger partial charge in [-0.3, -0.25) is 0 Å². The number of sulfonamides is 1. The van der Waals surface area contributed by atoms with Crippen molar-refractivity contribution in [2.75, 3.05) is 12.3 Å². The minimum absolute atomic E-state index is 0.0222. The van der Waals surface area contributed by atoms with E-state index in [2.05, 4.69) is 14.9 Å². The third-order valence-electron chi connectivity index (χ3n) is 2.28. The lowest BCUT2D eigenvalue weighted by Crippen LogP contribution is -2.26. The molecule has 0 bridgehead atoms. The number of hydrogen-bond donors (Lipinski definition) is 2. The molecule has 0 aliphatic heterocycles. The Balaban J connectivity index is 2.05. The fraction of sp³-hybridized carbons (Fsp3) is 0.200. The zero-order chi connectivity index (χ0) is 13.9. The monoisotopic (exact) mass is 286 g/mol. The summed E-state index contributed by atoms with van der Waals surface area (Å²) in [5, 5.41) is 3.38. The predicted molar refractivity (Wildman–Crippen MR) is 64.0 cm³/mol. The highest BCUT2D eigenvalue weighted by Crippen LogP contribution is 2.16. The first-order valence-electron chi connectivity index (χ1n) is 5.29. The smallest absolute Gasteiger partial charge is 0.243 e. The third-order valence-corrected chi connectivity index (χ3v) is 3.78. The van der Waals surface area contributed by atoms with Gasteiger partial charge >= 0.3 is 0 Å². The summed E-state index contributed by atoms with van der Waals surface area (Å²) >= 11 is 0. The van der Waals surface area contributed by atoms with Gasteiger partial charge in [-0.2, -0.15) is 4.98 Å². The molecular weight excluding hydrogens is 275 g/mol. The van der Waals surface area contributed by atoms with Crippen molar-refractivity contribution in [2.24, 2.45) is 0 Å². The van der Waals surface area contributed by atoms with Crippen LogP contribution in [0.2, 0.25) is 0 Å². The van der Waals surface area contributed by atoms with Crippen LogP contribution in [-0.2, 0) is 16.4 Å². The van der Waals surface area contributed by atoms with Crippen molar-refractivity contribution in [3.63, 3.8) is 0 Å². The second-order valence-corrected chi connectivity index (χ2v) is 5.41. The Labute approximate surface area is 108 Å². The van der Waals surface area contributed by atoms with Crippen molar-refractivity contribution in [1.82, 2.24) is 14.9 Å². The average molecular weight is 286 g/mol. The molecule has 0 spiro atoms. The van der Waals surface area contributed by atoms with Gasteiger partial charge in [0.25, 0.3) is 0 Å². The molecule has 2 aromatic rings. The van der Waals surface area contributed by atoms with Crippen LogP contribution in [0.5, 0.6) is 0 Å². The van der Waals surface area contributed by atoms with E-state index < -0.39 is 20.7 Å². The molecular formula is C10H11FN4O3S. The SMILES string of the molecule is Nc1ccc(S(=O)(=O)NCCc2ncno2)c(F)c1. The molecule has 2 rings (SSSR count). The molecule has 0 saturated heterocycles. The number of anilines is 1. The van der Waals surface area contributed by atoms with Gasteiger partial charge in [-0.25, -0.2) is 17.5 Å². The maximum atomic E-state index is 13.5. The van der Waals surface area contributed by atoms with Crippen LogP contribution >= 0.6 is 0 Å². The normalized spacial score (nSPS) is 11.6. The summed E-state index contributed by atoms with van der Waals surface area (Å²) in [7, 11) is -3.93. The van der Waals surface area contributed by atoms with Gasteiger partial charge < -0.3 is 10.3 Å². The Bertz CT molecular complexity index is 657. The summed E-state index contributed by atoms with van der Waals surface area (Å²) in [4.78, 5) is 3.28. The number of aromatic nitrogens is 2. The lowest BCUT2D eigenvalue weighted by molar-refractivity contribution is 0.377. The van der Waals surface area contributed by atoms with Crippen LogP contribution < -0.4 is 10.5 Å². The summed E-state index contributed by atoms with van der Waals surface area (Å²) < 4.78 is 44.1. The number of hydrogen-bond acceptors (Lipinski definition) is 6. The molecule has 0 unspecified atom stereocenters. The largest absolute Gasteiger partial charge is 0.399 e. The number of rotatable bonds is 5. The lowest BCUT2D eigenvalue weighted by atomic mass is 10.3. The molecule has 19 heavy (non-hydrogen) atoms. The Morgan fingerprint density at radius 2 is 2.21 bits per heavy atom. The van der Waals surface area contributed by atoms with Crippen LogP contribution in [0.4, 0.5) is 10.1 Å². The number of nitrogens with zero attached hydrogens (tertiary/aromatic N) is 2. The van der Waals surface area contributed by atoms with E-state index in [1.165, 1.54) is 12.4 Å². The van der Waals surface area contributed by atoms with E-state index in [9.17, 15) is 12.8 Å². The van der Waals surface area contributed by atoms with Crippen molar-refractivity contribution in [1.29, 1.82) is 0 Å². The van der Waals surface area contributed by atoms with Crippen LogP contribution in [-0.4, -0.2) is 25.1 Å². The summed E-state index contributed by atoms with van der Waals surface area (Å²) in [6.07, 6.45) is 1.43. The van der Waals surface area contributed by atoms with E-state index in [0.717, 1.165) is 12.1 Å². The van der Waals surface area contributed by atoms with Gasteiger partial charge in [-0.1, -0.05) is 5.16 Å². The second-order valence-electron chi connectivity index (χ2n) is 3.67. The van der Waals surface area contributed by atoms with Crippen LogP contribution in [0.3, 0.4) is 0 Å².